The number of hydrogen-bond acceptors (Lipinski definition) is 4. The Kier molecular flexibility index (Phi) is 7.47. The molecule has 2 N–H and O–H groups in total. The molecule has 1 heterocycles. The molecule has 0 amide bonds. The molecule has 118 valence electrons. The van der Waals surface area contributed by atoms with Gasteiger partial charge in [0.1, 0.15) is 6.04 Å². The fourth-order valence-electron chi connectivity index (χ4n) is 2.27. The number of aliphatic carboxylic acids is 1. The summed E-state index contributed by atoms with van der Waals surface area (Å²) < 4.78 is 31.4. The van der Waals surface area contributed by atoms with E-state index in [1.807, 2.05) is 6.92 Å². The topological polar surface area (TPSA) is 92.7 Å². The summed E-state index contributed by atoms with van der Waals surface area (Å²) in [6, 6.07) is -1.00. The number of ether oxygens (including phenoxy) is 1. The Balaban J connectivity index is 2.43. The van der Waals surface area contributed by atoms with E-state index in [0.717, 1.165) is 19.3 Å². The van der Waals surface area contributed by atoms with E-state index in [0.29, 0.717) is 38.4 Å². The second-order valence-electron chi connectivity index (χ2n) is 5.31. The highest BCUT2D eigenvalue weighted by molar-refractivity contribution is 7.89. The summed E-state index contributed by atoms with van der Waals surface area (Å²) in [5.41, 5.74) is 0. The van der Waals surface area contributed by atoms with E-state index in [1.165, 1.54) is 0 Å². The van der Waals surface area contributed by atoms with Crippen LogP contribution in [0.5, 0.6) is 0 Å². The molecule has 1 rings (SSSR count). The van der Waals surface area contributed by atoms with Crippen LogP contribution in [0.3, 0.4) is 0 Å². The molecule has 0 aliphatic carbocycles. The van der Waals surface area contributed by atoms with E-state index in [1.54, 1.807) is 0 Å². The van der Waals surface area contributed by atoms with Crippen molar-refractivity contribution in [3.05, 3.63) is 0 Å². The van der Waals surface area contributed by atoms with Crippen molar-refractivity contribution in [2.75, 3.05) is 19.0 Å². The first-order valence-electron chi connectivity index (χ1n) is 7.25. The van der Waals surface area contributed by atoms with Crippen molar-refractivity contribution < 1.29 is 23.1 Å². The van der Waals surface area contributed by atoms with E-state index >= 15 is 0 Å². The van der Waals surface area contributed by atoms with Crippen LogP contribution in [0.1, 0.15) is 45.4 Å². The third-order valence-electron chi connectivity index (χ3n) is 3.60. The zero-order valence-corrected chi connectivity index (χ0v) is 12.8. The SMILES string of the molecule is CCCCC(NS(=O)(=O)CCC1CCOCC1)C(=O)O. The monoisotopic (exact) mass is 307 g/mol. The third kappa shape index (κ3) is 6.67. The average molecular weight is 307 g/mol. The second kappa shape index (κ2) is 8.59. The molecule has 0 saturated carbocycles. The highest BCUT2D eigenvalue weighted by Crippen LogP contribution is 2.19. The molecule has 1 fully saturated rings. The molecule has 1 saturated heterocycles. The van der Waals surface area contributed by atoms with Gasteiger partial charge in [0.25, 0.3) is 0 Å². The molecule has 1 atom stereocenters. The van der Waals surface area contributed by atoms with E-state index in [9.17, 15) is 13.2 Å². The van der Waals surface area contributed by atoms with Crippen LogP contribution in [-0.4, -0.2) is 44.5 Å². The number of nitrogens with one attached hydrogen (secondary N) is 1. The van der Waals surface area contributed by atoms with Crippen LogP contribution in [-0.2, 0) is 19.6 Å². The quantitative estimate of drug-likeness (QED) is 0.671. The Morgan fingerprint density at radius 1 is 1.40 bits per heavy atom. The Hall–Kier alpha value is -0.660. The maximum atomic E-state index is 11.9. The van der Waals surface area contributed by atoms with Crippen LogP contribution in [0.4, 0.5) is 0 Å². The molecule has 0 aromatic heterocycles. The number of rotatable bonds is 9. The van der Waals surface area contributed by atoms with E-state index in [4.69, 9.17) is 9.84 Å². The molecular formula is C13H25NO5S. The van der Waals surface area contributed by atoms with Gasteiger partial charge in [0.2, 0.25) is 10.0 Å². The lowest BCUT2D eigenvalue weighted by molar-refractivity contribution is -0.139. The van der Waals surface area contributed by atoms with E-state index in [-0.39, 0.29) is 5.75 Å². The first-order valence-corrected chi connectivity index (χ1v) is 8.90. The first kappa shape index (κ1) is 17.4. The van der Waals surface area contributed by atoms with Crippen molar-refractivity contribution in [3.8, 4) is 0 Å². The van der Waals surface area contributed by atoms with Crippen LogP contribution in [0.15, 0.2) is 0 Å². The minimum atomic E-state index is -3.53. The third-order valence-corrected chi connectivity index (χ3v) is 5.02. The number of hydrogen-bond donors (Lipinski definition) is 2. The zero-order valence-electron chi connectivity index (χ0n) is 12.0. The van der Waals surface area contributed by atoms with Gasteiger partial charge in [0, 0.05) is 13.2 Å². The Labute approximate surface area is 120 Å². The lowest BCUT2D eigenvalue weighted by atomic mass is 9.98. The maximum Gasteiger partial charge on any atom is 0.321 e. The molecule has 0 bridgehead atoms. The molecule has 0 aromatic carbocycles. The van der Waals surface area contributed by atoms with Gasteiger partial charge in [-0.05, 0) is 31.6 Å². The van der Waals surface area contributed by atoms with Crippen molar-refractivity contribution in [3.63, 3.8) is 0 Å². The lowest BCUT2D eigenvalue weighted by Gasteiger charge is -2.22. The number of carboxylic acids is 1. The van der Waals surface area contributed by atoms with Crippen molar-refractivity contribution >= 4 is 16.0 Å². The minimum Gasteiger partial charge on any atom is -0.480 e. The van der Waals surface area contributed by atoms with Crippen LogP contribution < -0.4 is 4.72 Å². The molecule has 20 heavy (non-hydrogen) atoms. The summed E-state index contributed by atoms with van der Waals surface area (Å²) in [6.07, 6.45) is 4.20. The largest absolute Gasteiger partial charge is 0.480 e. The van der Waals surface area contributed by atoms with Crippen molar-refractivity contribution in [1.82, 2.24) is 4.72 Å². The summed E-state index contributed by atoms with van der Waals surface area (Å²) in [7, 11) is -3.53. The van der Waals surface area contributed by atoms with Gasteiger partial charge < -0.3 is 9.84 Å². The number of unbranched alkanes of at least 4 members (excludes halogenated alkanes) is 1. The normalized spacial score (nSPS) is 18.9. The number of carbonyl (C=O) groups is 1. The molecule has 1 aliphatic heterocycles. The van der Waals surface area contributed by atoms with Crippen molar-refractivity contribution in [2.45, 2.75) is 51.5 Å². The molecule has 0 radical (unpaired) electrons. The highest BCUT2D eigenvalue weighted by Gasteiger charge is 2.24. The molecule has 0 aromatic rings. The van der Waals surface area contributed by atoms with Crippen LogP contribution in [0, 0.1) is 5.92 Å². The number of sulfonamides is 1. The molecule has 7 heteroatoms. The van der Waals surface area contributed by atoms with Gasteiger partial charge in [-0.3, -0.25) is 4.79 Å². The standard InChI is InChI=1S/C13H25NO5S/c1-2-3-4-12(13(15)16)14-20(17,18)10-7-11-5-8-19-9-6-11/h11-12,14H,2-10H2,1H3,(H,15,16). The van der Waals surface area contributed by atoms with Crippen LogP contribution >= 0.6 is 0 Å². The fourth-order valence-corrected chi connectivity index (χ4v) is 3.69. The predicted molar refractivity (Wildman–Crippen MR) is 76.0 cm³/mol. The fraction of sp³-hybridized carbons (Fsp3) is 0.923. The summed E-state index contributed by atoms with van der Waals surface area (Å²) in [4.78, 5) is 11.0. The molecular weight excluding hydrogens is 282 g/mol. The minimum absolute atomic E-state index is 0.00638. The van der Waals surface area contributed by atoms with Gasteiger partial charge in [0.15, 0.2) is 0 Å². The van der Waals surface area contributed by atoms with Gasteiger partial charge in [-0.15, -0.1) is 0 Å². The number of carboxylic acid groups (broad SMARTS) is 1. The molecule has 1 unspecified atom stereocenters. The van der Waals surface area contributed by atoms with Crippen LogP contribution in [0.25, 0.3) is 0 Å². The van der Waals surface area contributed by atoms with Gasteiger partial charge in [-0.1, -0.05) is 19.8 Å². The summed E-state index contributed by atoms with van der Waals surface area (Å²) >= 11 is 0. The predicted octanol–water partition coefficient (Wildman–Crippen LogP) is 1.37. The van der Waals surface area contributed by atoms with Gasteiger partial charge in [-0.2, -0.15) is 0 Å². The highest BCUT2D eigenvalue weighted by atomic mass is 32.2. The Morgan fingerprint density at radius 3 is 2.60 bits per heavy atom. The first-order chi connectivity index (χ1) is 9.44. The van der Waals surface area contributed by atoms with E-state index in [2.05, 4.69) is 4.72 Å². The smallest absolute Gasteiger partial charge is 0.321 e. The Bertz CT molecular complexity index is 390. The summed E-state index contributed by atoms with van der Waals surface area (Å²) in [5, 5.41) is 9.04. The molecule has 1 aliphatic rings. The van der Waals surface area contributed by atoms with E-state index < -0.39 is 22.0 Å². The summed E-state index contributed by atoms with van der Waals surface area (Å²) in [5.74, 6) is -0.750. The zero-order chi connectivity index (χ0) is 15.0. The van der Waals surface area contributed by atoms with Crippen molar-refractivity contribution in [2.24, 2.45) is 5.92 Å². The second-order valence-corrected chi connectivity index (χ2v) is 7.19. The average Bonchev–Trinajstić information content (AvgIpc) is 2.42. The molecule has 6 nitrogen and oxygen atoms in total. The maximum absolute atomic E-state index is 11.9. The van der Waals surface area contributed by atoms with Crippen LogP contribution in [0.2, 0.25) is 0 Å². The van der Waals surface area contributed by atoms with Gasteiger partial charge in [-0.25, -0.2) is 13.1 Å². The van der Waals surface area contributed by atoms with Crippen molar-refractivity contribution in [1.29, 1.82) is 0 Å². The molecule has 0 spiro atoms. The summed E-state index contributed by atoms with van der Waals surface area (Å²) in [6.45, 7) is 3.32. The Morgan fingerprint density at radius 2 is 2.05 bits per heavy atom. The lowest BCUT2D eigenvalue weighted by Crippen LogP contribution is -2.42. The van der Waals surface area contributed by atoms with Gasteiger partial charge in [0.05, 0.1) is 5.75 Å². The van der Waals surface area contributed by atoms with Gasteiger partial charge >= 0.3 is 5.97 Å².